The lowest BCUT2D eigenvalue weighted by atomic mass is 9.86. The van der Waals surface area contributed by atoms with Gasteiger partial charge in [0.15, 0.2) is 0 Å². The van der Waals surface area contributed by atoms with Gasteiger partial charge in [-0.2, -0.15) is 4.31 Å². The van der Waals surface area contributed by atoms with Crippen molar-refractivity contribution in [1.29, 1.82) is 0 Å². The number of nitrogens with one attached hydrogen (secondary N) is 1. The molecule has 0 unspecified atom stereocenters. The molecule has 4 nitrogen and oxygen atoms in total. The molecule has 2 rings (SSSR count). The number of rotatable bonds is 7. The maximum absolute atomic E-state index is 12.4. The van der Waals surface area contributed by atoms with Gasteiger partial charge in [-0.3, -0.25) is 0 Å². The quantitative estimate of drug-likeness (QED) is 0.840. The molecule has 0 saturated heterocycles. The molecule has 0 atom stereocenters. The van der Waals surface area contributed by atoms with E-state index >= 15 is 0 Å². The maximum Gasteiger partial charge on any atom is 0.252 e. The molecule has 0 radical (unpaired) electrons. The van der Waals surface area contributed by atoms with Crippen LogP contribution in [-0.2, 0) is 16.6 Å². The first-order valence-corrected chi connectivity index (χ1v) is 9.10. The Hall–Kier alpha value is -0.430. The first-order valence-electron chi connectivity index (χ1n) is 6.78. The van der Waals surface area contributed by atoms with Crippen molar-refractivity contribution in [1.82, 2.24) is 9.62 Å². The maximum atomic E-state index is 12.4. The van der Waals surface area contributed by atoms with Gasteiger partial charge in [-0.1, -0.05) is 13.3 Å². The summed E-state index contributed by atoms with van der Waals surface area (Å²) in [5, 5.41) is 5.13. The predicted molar refractivity (Wildman–Crippen MR) is 78.9 cm³/mol. The second-order valence-electron chi connectivity index (χ2n) is 5.14. The van der Waals surface area contributed by atoms with Crippen molar-refractivity contribution < 1.29 is 8.42 Å². The third kappa shape index (κ3) is 3.56. The second-order valence-corrected chi connectivity index (χ2v) is 8.32. The van der Waals surface area contributed by atoms with E-state index in [1.807, 2.05) is 12.3 Å². The van der Waals surface area contributed by atoms with Crippen molar-refractivity contribution in [2.45, 2.75) is 36.9 Å². The molecule has 0 amide bonds. The van der Waals surface area contributed by atoms with E-state index in [0.29, 0.717) is 16.7 Å². The van der Waals surface area contributed by atoms with Crippen LogP contribution >= 0.6 is 11.3 Å². The van der Waals surface area contributed by atoms with Gasteiger partial charge < -0.3 is 5.32 Å². The lowest BCUT2D eigenvalue weighted by molar-refractivity contribution is 0.263. The minimum atomic E-state index is -3.29. The molecular formula is C13H22N2O2S2. The summed E-state index contributed by atoms with van der Waals surface area (Å²) < 4.78 is 26.8. The number of hydrogen-bond donors (Lipinski definition) is 1. The van der Waals surface area contributed by atoms with E-state index in [4.69, 9.17) is 0 Å². The fourth-order valence-corrected chi connectivity index (χ4v) is 4.81. The fourth-order valence-electron chi connectivity index (χ4n) is 2.14. The van der Waals surface area contributed by atoms with E-state index in [1.165, 1.54) is 22.1 Å². The summed E-state index contributed by atoms with van der Waals surface area (Å²) in [6.45, 7) is 4.31. The van der Waals surface area contributed by atoms with Gasteiger partial charge in [-0.05, 0) is 42.3 Å². The zero-order chi connectivity index (χ0) is 13.9. The summed E-state index contributed by atoms with van der Waals surface area (Å²) in [5.74, 6) is 0.556. The third-order valence-electron chi connectivity index (χ3n) is 3.61. The first kappa shape index (κ1) is 15.0. The molecule has 6 heteroatoms. The molecule has 1 aromatic rings. The molecule has 0 aromatic carbocycles. The zero-order valence-corrected chi connectivity index (χ0v) is 13.2. The van der Waals surface area contributed by atoms with Crippen LogP contribution in [0.1, 0.15) is 31.7 Å². The molecule has 19 heavy (non-hydrogen) atoms. The standard InChI is InChI=1S/C13H22N2O2S2/c1-3-14-8-12-7-13(18-10-12)19(16,17)15(2)9-11-5-4-6-11/h7,10-11,14H,3-6,8-9H2,1-2H3. The largest absolute Gasteiger partial charge is 0.313 e. The SMILES string of the molecule is CCNCc1csc(S(=O)(=O)N(C)CC2CCC2)c1. The number of hydrogen-bond acceptors (Lipinski definition) is 4. The lowest BCUT2D eigenvalue weighted by Gasteiger charge is -2.29. The van der Waals surface area contributed by atoms with E-state index in [-0.39, 0.29) is 0 Å². The highest BCUT2D eigenvalue weighted by Crippen LogP contribution is 2.29. The Morgan fingerprint density at radius 2 is 2.21 bits per heavy atom. The highest BCUT2D eigenvalue weighted by Gasteiger charge is 2.27. The summed E-state index contributed by atoms with van der Waals surface area (Å²) in [6.07, 6.45) is 3.57. The average Bonchev–Trinajstić information content (AvgIpc) is 2.80. The van der Waals surface area contributed by atoms with Crippen LogP contribution in [0.5, 0.6) is 0 Å². The number of nitrogens with zero attached hydrogens (tertiary/aromatic N) is 1. The van der Waals surface area contributed by atoms with Crippen LogP contribution in [0.15, 0.2) is 15.7 Å². The molecule has 1 fully saturated rings. The van der Waals surface area contributed by atoms with Crippen LogP contribution in [0, 0.1) is 5.92 Å². The van der Waals surface area contributed by atoms with Gasteiger partial charge in [0.2, 0.25) is 0 Å². The fraction of sp³-hybridized carbons (Fsp3) is 0.692. The van der Waals surface area contributed by atoms with Crippen LogP contribution in [0.3, 0.4) is 0 Å². The summed E-state index contributed by atoms with van der Waals surface area (Å²) >= 11 is 1.32. The van der Waals surface area contributed by atoms with Crippen molar-refractivity contribution >= 4 is 21.4 Å². The molecule has 1 aliphatic carbocycles. The Balaban J connectivity index is 2.02. The predicted octanol–water partition coefficient (Wildman–Crippen LogP) is 2.28. The highest BCUT2D eigenvalue weighted by atomic mass is 32.2. The monoisotopic (exact) mass is 302 g/mol. The Kier molecular flexibility index (Phi) is 5.00. The van der Waals surface area contributed by atoms with E-state index in [0.717, 1.165) is 31.5 Å². The molecule has 108 valence electrons. The summed E-state index contributed by atoms with van der Waals surface area (Å²) in [7, 11) is -1.60. The molecule has 1 aliphatic rings. The average molecular weight is 302 g/mol. The first-order chi connectivity index (χ1) is 9.04. The molecule has 1 N–H and O–H groups in total. The molecule has 1 heterocycles. The van der Waals surface area contributed by atoms with E-state index in [9.17, 15) is 8.42 Å². The molecule has 0 spiro atoms. The third-order valence-corrected chi connectivity index (χ3v) is 6.90. The van der Waals surface area contributed by atoms with Gasteiger partial charge in [0.25, 0.3) is 10.0 Å². The summed E-state index contributed by atoms with van der Waals surface area (Å²) in [6, 6.07) is 1.79. The lowest BCUT2D eigenvalue weighted by Crippen LogP contribution is -2.33. The van der Waals surface area contributed by atoms with Gasteiger partial charge in [-0.15, -0.1) is 11.3 Å². The van der Waals surface area contributed by atoms with Crippen LogP contribution in [0.25, 0.3) is 0 Å². The van der Waals surface area contributed by atoms with Gasteiger partial charge in [0.05, 0.1) is 0 Å². The highest BCUT2D eigenvalue weighted by molar-refractivity contribution is 7.91. The number of thiophene rings is 1. The topological polar surface area (TPSA) is 49.4 Å². The Labute approximate surface area is 119 Å². The number of sulfonamides is 1. The van der Waals surface area contributed by atoms with Crippen LogP contribution in [-0.4, -0.2) is 32.9 Å². The zero-order valence-electron chi connectivity index (χ0n) is 11.6. The van der Waals surface area contributed by atoms with Crippen molar-refractivity contribution in [3.05, 3.63) is 17.0 Å². The van der Waals surface area contributed by atoms with Crippen LogP contribution in [0.2, 0.25) is 0 Å². The molecule has 1 saturated carbocycles. The smallest absolute Gasteiger partial charge is 0.252 e. The van der Waals surface area contributed by atoms with Gasteiger partial charge >= 0.3 is 0 Å². The Morgan fingerprint density at radius 1 is 1.47 bits per heavy atom. The molecule has 0 bridgehead atoms. The molecule has 1 aromatic heterocycles. The van der Waals surface area contributed by atoms with Crippen molar-refractivity contribution in [3.63, 3.8) is 0 Å². The van der Waals surface area contributed by atoms with Crippen molar-refractivity contribution in [2.75, 3.05) is 20.1 Å². The minimum Gasteiger partial charge on any atom is -0.313 e. The van der Waals surface area contributed by atoms with Gasteiger partial charge in [0.1, 0.15) is 4.21 Å². The van der Waals surface area contributed by atoms with Crippen molar-refractivity contribution in [2.24, 2.45) is 5.92 Å². The summed E-state index contributed by atoms with van der Waals surface area (Å²) in [5.41, 5.74) is 1.04. The molecule has 0 aliphatic heterocycles. The Morgan fingerprint density at radius 3 is 2.79 bits per heavy atom. The molecular weight excluding hydrogens is 280 g/mol. The van der Waals surface area contributed by atoms with Gasteiger partial charge in [0, 0.05) is 20.1 Å². The summed E-state index contributed by atoms with van der Waals surface area (Å²) in [4.78, 5) is 0. The van der Waals surface area contributed by atoms with Crippen LogP contribution in [0.4, 0.5) is 0 Å². The Bertz CT molecular complexity index is 506. The normalized spacial score (nSPS) is 16.8. The second kappa shape index (κ2) is 6.35. The minimum absolute atomic E-state index is 0.460. The van der Waals surface area contributed by atoms with E-state index < -0.39 is 10.0 Å². The van der Waals surface area contributed by atoms with Crippen LogP contribution < -0.4 is 5.32 Å². The van der Waals surface area contributed by atoms with E-state index in [1.54, 1.807) is 13.1 Å². The van der Waals surface area contributed by atoms with Gasteiger partial charge in [-0.25, -0.2) is 8.42 Å². The van der Waals surface area contributed by atoms with Crippen molar-refractivity contribution in [3.8, 4) is 0 Å². The van der Waals surface area contributed by atoms with E-state index in [2.05, 4.69) is 5.32 Å².